The minimum Gasteiger partial charge on any atom is -0.496 e. The zero-order valence-corrected chi connectivity index (χ0v) is 23.5. The number of H-pyrrole nitrogens is 1. The summed E-state index contributed by atoms with van der Waals surface area (Å²) in [6.07, 6.45) is 5.84. The molecule has 3 N–H and O–H groups in total. The fourth-order valence-electron chi connectivity index (χ4n) is 7.04. The second-order valence-electron chi connectivity index (χ2n) is 12.0. The summed E-state index contributed by atoms with van der Waals surface area (Å²) in [7, 11) is 1.71. The molecule has 2 atom stereocenters. The van der Waals surface area contributed by atoms with Gasteiger partial charge in [0.2, 0.25) is 0 Å². The summed E-state index contributed by atoms with van der Waals surface area (Å²) in [4.78, 5) is 30.5. The number of aromatic nitrogens is 1. The fraction of sp³-hybridized carbons (Fsp3) is 0.469. The van der Waals surface area contributed by atoms with Gasteiger partial charge in [-0.3, -0.25) is 9.69 Å². The van der Waals surface area contributed by atoms with E-state index in [2.05, 4.69) is 40.3 Å². The molecule has 1 saturated carbocycles. The number of nitrogens with zero attached hydrogens (tertiary/aromatic N) is 2. The number of nitriles is 1. The maximum absolute atomic E-state index is 12.9. The van der Waals surface area contributed by atoms with E-state index in [1.807, 2.05) is 18.3 Å². The Bertz CT molecular complexity index is 1500. The number of amides is 1. The van der Waals surface area contributed by atoms with Crippen molar-refractivity contribution in [1.82, 2.24) is 15.2 Å². The number of hydrogen-bond donors (Lipinski definition) is 3. The summed E-state index contributed by atoms with van der Waals surface area (Å²) in [5.74, 6) is -0.659. The van der Waals surface area contributed by atoms with Crippen molar-refractivity contribution in [3.8, 4) is 11.8 Å². The molecule has 3 aliphatic rings. The number of aryl methyl sites for hydroxylation is 1. The number of nitrogens with one attached hydrogen (secondary N) is 2. The number of aromatic amines is 1. The quantitative estimate of drug-likeness (QED) is 0.371. The lowest BCUT2D eigenvalue weighted by Gasteiger charge is -2.53. The van der Waals surface area contributed by atoms with Gasteiger partial charge >= 0.3 is 5.97 Å². The SMILES string of the molecule is COc1cc(C)c2[nH]ccc2c1CN1CCC2(CC(C#N)C2)CC1c1ccc(C(=O)NC(C(=O)O)C2COC2)cc1. The van der Waals surface area contributed by atoms with Gasteiger partial charge in [0.1, 0.15) is 11.8 Å². The predicted octanol–water partition coefficient (Wildman–Crippen LogP) is 4.57. The van der Waals surface area contributed by atoms with Crippen LogP contribution < -0.4 is 10.1 Å². The zero-order valence-electron chi connectivity index (χ0n) is 23.5. The molecule has 3 fully saturated rings. The van der Waals surface area contributed by atoms with E-state index in [4.69, 9.17) is 9.47 Å². The number of aliphatic carboxylic acids is 1. The molecule has 214 valence electrons. The zero-order chi connectivity index (χ0) is 28.7. The van der Waals surface area contributed by atoms with Gasteiger partial charge in [0, 0.05) is 52.6 Å². The molecule has 2 aliphatic heterocycles. The number of rotatable bonds is 8. The van der Waals surface area contributed by atoms with Crippen LogP contribution in [-0.2, 0) is 16.1 Å². The third kappa shape index (κ3) is 5.07. The number of fused-ring (bicyclic) bond motifs is 1. The maximum atomic E-state index is 12.9. The average Bonchev–Trinajstić information content (AvgIpc) is 3.43. The van der Waals surface area contributed by atoms with Gasteiger partial charge < -0.3 is 24.9 Å². The Labute approximate surface area is 239 Å². The third-order valence-electron chi connectivity index (χ3n) is 9.48. The van der Waals surface area contributed by atoms with Crippen LogP contribution in [0, 0.1) is 35.5 Å². The van der Waals surface area contributed by atoms with Crippen LogP contribution in [0.4, 0.5) is 0 Å². The van der Waals surface area contributed by atoms with Crippen molar-refractivity contribution in [2.75, 3.05) is 26.9 Å². The first-order valence-corrected chi connectivity index (χ1v) is 14.3. The molecule has 2 saturated heterocycles. The molecule has 41 heavy (non-hydrogen) atoms. The Hall–Kier alpha value is -3.87. The van der Waals surface area contributed by atoms with Crippen LogP contribution >= 0.6 is 0 Å². The van der Waals surface area contributed by atoms with E-state index in [0.717, 1.165) is 65.6 Å². The number of piperidine rings is 1. The highest BCUT2D eigenvalue weighted by atomic mass is 16.5. The molecule has 9 heteroatoms. The van der Waals surface area contributed by atoms with Gasteiger partial charge in [-0.25, -0.2) is 4.79 Å². The minimum absolute atomic E-state index is 0.111. The minimum atomic E-state index is -1.05. The third-order valence-corrected chi connectivity index (χ3v) is 9.48. The van der Waals surface area contributed by atoms with Crippen LogP contribution in [0.25, 0.3) is 10.9 Å². The normalized spacial score (nSPS) is 25.2. The van der Waals surface area contributed by atoms with Crippen LogP contribution in [0.15, 0.2) is 42.6 Å². The van der Waals surface area contributed by atoms with E-state index >= 15 is 0 Å². The number of methoxy groups -OCH3 is 1. The highest BCUT2D eigenvalue weighted by Crippen LogP contribution is 2.56. The Balaban J connectivity index is 1.26. The van der Waals surface area contributed by atoms with Crippen molar-refractivity contribution < 1.29 is 24.2 Å². The van der Waals surface area contributed by atoms with Crippen molar-refractivity contribution in [2.24, 2.45) is 17.3 Å². The summed E-state index contributed by atoms with van der Waals surface area (Å²) < 4.78 is 11.0. The van der Waals surface area contributed by atoms with Gasteiger partial charge in [0.15, 0.2) is 0 Å². The largest absolute Gasteiger partial charge is 0.496 e. The van der Waals surface area contributed by atoms with Crippen molar-refractivity contribution in [3.63, 3.8) is 0 Å². The lowest BCUT2D eigenvalue weighted by atomic mass is 9.56. The maximum Gasteiger partial charge on any atom is 0.326 e. The number of likely N-dealkylation sites (tertiary alicyclic amines) is 1. The van der Waals surface area contributed by atoms with Crippen LogP contribution in [0.1, 0.15) is 58.8 Å². The number of carbonyl (C=O) groups is 2. The molecule has 9 nitrogen and oxygen atoms in total. The fourth-order valence-corrected chi connectivity index (χ4v) is 7.04. The van der Waals surface area contributed by atoms with Gasteiger partial charge in [-0.15, -0.1) is 0 Å². The topological polar surface area (TPSA) is 128 Å². The summed E-state index contributed by atoms with van der Waals surface area (Å²) in [5, 5.41) is 22.9. The molecular formula is C32H36N4O5. The summed E-state index contributed by atoms with van der Waals surface area (Å²) in [6, 6.07) is 13.4. The summed E-state index contributed by atoms with van der Waals surface area (Å²) in [6.45, 7) is 4.37. The molecule has 0 radical (unpaired) electrons. The first-order valence-electron chi connectivity index (χ1n) is 14.3. The van der Waals surface area contributed by atoms with Gasteiger partial charge in [-0.1, -0.05) is 12.1 Å². The Kier molecular flexibility index (Phi) is 7.22. The summed E-state index contributed by atoms with van der Waals surface area (Å²) in [5.41, 5.74) is 5.11. The predicted molar refractivity (Wildman–Crippen MR) is 152 cm³/mol. The molecule has 6 rings (SSSR count). The van der Waals surface area contributed by atoms with Gasteiger partial charge in [-0.2, -0.15) is 5.26 Å². The average molecular weight is 557 g/mol. The molecule has 0 bridgehead atoms. The highest BCUT2D eigenvalue weighted by molar-refractivity contribution is 5.96. The Morgan fingerprint density at radius 2 is 2.00 bits per heavy atom. The second-order valence-corrected chi connectivity index (χ2v) is 12.0. The molecule has 1 aliphatic carbocycles. The van der Waals surface area contributed by atoms with Gasteiger partial charge in [0.25, 0.3) is 5.91 Å². The van der Waals surface area contributed by atoms with Gasteiger partial charge in [0.05, 0.1) is 26.4 Å². The first-order chi connectivity index (χ1) is 19.8. The standard InChI is InChI=1S/C32H36N4O5/c1-19-11-27(40-2)25(24-7-9-34-28(19)24)16-36-10-8-32(12-20(13-32)15-33)14-26(36)21-3-5-22(6-4-21)30(37)35-29(31(38)39)23-17-41-18-23/h3-7,9,11,20,23,26,29,34H,8,10,12-14,16-18H2,1-2H3,(H,35,37)(H,38,39). The molecule has 2 aromatic carbocycles. The van der Waals surface area contributed by atoms with Crippen molar-refractivity contribution >= 4 is 22.8 Å². The summed E-state index contributed by atoms with van der Waals surface area (Å²) >= 11 is 0. The molecule has 1 aromatic heterocycles. The first kappa shape index (κ1) is 27.3. The molecule has 2 unspecified atom stereocenters. The molecule has 3 aromatic rings. The number of carbonyl (C=O) groups excluding carboxylic acids is 1. The van der Waals surface area contributed by atoms with Crippen LogP contribution in [-0.4, -0.2) is 59.8 Å². The van der Waals surface area contributed by atoms with E-state index in [1.54, 1.807) is 19.2 Å². The van der Waals surface area contributed by atoms with Crippen LogP contribution in [0.3, 0.4) is 0 Å². The van der Waals surface area contributed by atoms with Crippen molar-refractivity contribution in [2.45, 2.75) is 51.2 Å². The van der Waals surface area contributed by atoms with E-state index in [1.165, 1.54) is 0 Å². The Morgan fingerprint density at radius 3 is 2.63 bits per heavy atom. The van der Waals surface area contributed by atoms with Crippen molar-refractivity contribution in [1.29, 1.82) is 5.26 Å². The molecule has 1 spiro atoms. The number of ether oxygens (including phenoxy) is 2. The number of carboxylic acids is 1. The lowest BCUT2D eigenvalue weighted by molar-refractivity contribution is -0.146. The Morgan fingerprint density at radius 1 is 1.24 bits per heavy atom. The van der Waals surface area contributed by atoms with Crippen molar-refractivity contribution in [3.05, 3.63) is 64.8 Å². The molecular weight excluding hydrogens is 520 g/mol. The monoisotopic (exact) mass is 556 g/mol. The second kappa shape index (κ2) is 10.8. The number of benzene rings is 2. The molecule has 1 amide bonds. The van der Waals surface area contributed by atoms with Crippen LogP contribution in [0.5, 0.6) is 5.75 Å². The van der Waals surface area contributed by atoms with E-state index in [0.29, 0.717) is 25.3 Å². The smallest absolute Gasteiger partial charge is 0.326 e. The van der Waals surface area contributed by atoms with Crippen LogP contribution in [0.2, 0.25) is 0 Å². The number of carboxylic acid groups (broad SMARTS) is 1. The van der Waals surface area contributed by atoms with Gasteiger partial charge in [-0.05, 0) is 80.0 Å². The van der Waals surface area contributed by atoms with E-state index in [-0.39, 0.29) is 23.3 Å². The lowest BCUT2D eigenvalue weighted by Crippen LogP contribution is -2.52. The van der Waals surface area contributed by atoms with E-state index in [9.17, 15) is 20.0 Å². The molecule has 3 heterocycles. The van der Waals surface area contributed by atoms with E-state index < -0.39 is 17.9 Å². The highest BCUT2D eigenvalue weighted by Gasteiger charge is 2.49. The number of hydrogen-bond acceptors (Lipinski definition) is 6.